The molecule has 1 heterocycles. The molecule has 0 spiro atoms. The Bertz CT molecular complexity index is 289. The van der Waals surface area contributed by atoms with Gasteiger partial charge in [0.15, 0.2) is 18.9 Å². The smallest absolute Gasteiger partial charge is 0.163 e. The van der Waals surface area contributed by atoms with Crippen molar-refractivity contribution in [3.05, 3.63) is 0 Å². The quantitative estimate of drug-likeness (QED) is 0.171. The lowest BCUT2D eigenvalue weighted by Gasteiger charge is -2.36. The van der Waals surface area contributed by atoms with E-state index in [2.05, 4.69) is 20.8 Å². The molecular weight excluding hydrogens is 372 g/mol. The maximum atomic E-state index is 6.19. The molecule has 0 unspecified atom stereocenters. The molecule has 0 amide bonds. The first-order chi connectivity index (χ1) is 14.8. The Balaban J connectivity index is 2.29. The van der Waals surface area contributed by atoms with Gasteiger partial charge in [0.05, 0.1) is 0 Å². The van der Waals surface area contributed by atoms with Gasteiger partial charge >= 0.3 is 0 Å². The molecule has 0 N–H and O–H groups in total. The average molecular weight is 427 g/mol. The molecular formula is C27H54O3. The number of rotatable bonds is 21. The van der Waals surface area contributed by atoms with Crippen molar-refractivity contribution in [3.63, 3.8) is 0 Å². The Morgan fingerprint density at radius 2 is 0.567 bits per heavy atom. The molecule has 180 valence electrons. The first-order valence-corrected chi connectivity index (χ1v) is 13.8. The second kappa shape index (κ2) is 20.8. The SMILES string of the molecule is CCCCCCCCC1OC(CCCCCCCC)OC(CCCCCCCC)O1. The molecule has 3 nitrogen and oxygen atoms in total. The van der Waals surface area contributed by atoms with Crippen LogP contribution in [-0.4, -0.2) is 18.9 Å². The van der Waals surface area contributed by atoms with E-state index in [1.807, 2.05) is 0 Å². The van der Waals surface area contributed by atoms with E-state index in [-0.39, 0.29) is 18.9 Å². The van der Waals surface area contributed by atoms with Crippen molar-refractivity contribution in [1.29, 1.82) is 0 Å². The Labute approximate surface area is 189 Å². The van der Waals surface area contributed by atoms with E-state index >= 15 is 0 Å². The largest absolute Gasteiger partial charge is 0.324 e. The fourth-order valence-corrected chi connectivity index (χ4v) is 4.29. The summed E-state index contributed by atoms with van der Waals surface area (Å²) in [6.07, 6.45) is 26.6. The Morgan fingerprint density at radius 3 is 0.833 bits per heavy atom. The summed E-state index contributed by atoms with van der Waals surface area (Å²) in [6, 6.07) is 0. The van der Waals surface area contributed by atoms with Gasteiger partial charge in [-0.15, -0.1) is 0 Å². The highest BCUT2D eigenvalue weighted by molar-refractivity contribution is 4.62. The molecule has 0 atom stereocenters. The normalized spacial score (nSPS) is 21.9. The van der Waals surface area contributed by atoms with E-state index in [4.69, 9.17) is 14.2 Å². The summed E-state index contributed by atoms with van der Waals surface area (Å²) < 4.78 is 18.6. The average Bonchev–Trinajstić information content (AvgIpc) is 2.75. The molecule has 1 rings (SSSR count). The van der Waals surface area contributed by atoms with Crippen LogP contribution in [-0.2, 0) is 14.2 Å². The van der Waals surface area contributed by atoms with Crippen LogP contribution < -0.4 is 0 Å². The molecule has 1 fully saturated rings. The van der Waals surface area contributed by atoms with Gasteiger partial charge in [0, 0.05) is 0 Å². The van der Waals surface area contributed by atoms with Crippen LogP contribution in [0.3, 0.4) is 0 Å². The predicted molar refractivity (Wildman–Crippen MR) is 129 cm³/mol. The van der Waals surface area contributed by atoms with Gasteiger partial charge in [0.2, 0.25) is 0 Å². The van der Waals surface area contributed by atoms with E-state index in [0.717, 1.165) is 19.3 Å². The van der Waals surface area contributed by atoms with Crippen LogP contribution in [0.5, 0.6) is 0 Å². The molecule has 0 aromatic carbocycles. The van der Waals surface area contributed by atoms with Gasteiger partial charge in [-0.05, 0) is 38.5 Å². The molecule has 0 radical (unpaired) electrons. The minimum Gasteiger partial charge on any atom is -0.324 e. The van der Waals surface area contributed by atoms with Crippen molar-refractivity contribution in [2.45, 2.75) is 174 Å². The lowest BCUT2D eigenvalue weighted by Crippen LogP contribution is -2.40. The van der Waals surface area contributed by atoms with Gasteiger partial charge in [-0.2, -0.15) is 0 Å². The van der Waals surface area contributed by atoms with Crippen LogP contribution >= 0.6 is 0 Å². The standard InChI is InChI=1S/C27H54O3/c1-4-7-10-13-16-19-22-25-28-26(23-20-17-14-11-8-5-2)30-27(29-25)24-21-18-15-12-9-6-3/h25-27H,4-24H2,1-3H3. The third-order valence-electron chi connectivity index (χ3n) is 6.29. The van der Waals surface area contributed by atoms with Crippen LogP contribution in [0.4, 0.5) is 0 Å². The molecule has 0 aromatic heterocycles. The fraction of sp³-hybridized carbons (Fsp3) is 1.00. The highest BCUT2D eigenvalue weighted by atomic mass is 16.9. The van der Waals surface area contributed by atoms with Crippen LogP contribution in [0.25, 0.3) is 0 Å². The van der Waals surface area contributed by atoms with Gasteiger partial charge in [-0.3, -0.25) is 0 Å². The zero-order chi connectivity index (χ0) is 21.7. The lowest BCUT2D eigenvalue weighted by molar-refractivity contribution is -0.386. The van der Waals surface area contributed by atoms with Gasteiger partial charge < -0.3 is 14.2 Å². The monoisotopic (exact) mass is 426 g/mol. The van der Waals surface area contributed by atoms with Crippen LogP contribution in [0.2, 0.25) is 0 Å². The molecule has 3 heteroatoms. The third kappa shape index (κ3) is 15.6. The van der Waals surface area contributed by atoms with Crippen molar-refractivity contribution in [2.24, 2.45) is 0 Å². The van der Waals surface area contributed by atoms with E-state index in [0.29, 0.717) is 0 Å². The predicted octanol–water partition coefficient (Wildman–Crippen LogP) is 9.28. The third-order valence-corrected chi connectivity index (χ3v) is 6.29. The summed E-state index contributed by atoms with van der Waals surface area (Å²) >= 11 is 0. The van der Waals surface area contributed by atoms with Crippen LogP contribution in [0.15, 0.2) is 0 Å². The van der Waals surface area contributed by atoms with Gasteiger partial charge in [-0.1, -0.05) is 117 Å². The number of hydrogen-bond acceptors (Lipinski definition) is 3. The first-order valence-electron chi connectivity index (χ1n) is 13.8. The number of hydrogen-bond donors (Lipinski definition) is 0. The zero-order valence-corrected chi connectivity index (χ0v) is 20.8. The minimum atomic E-state index is -0.0555. The lowest BCUT2D eigenvalue weighted by atomic mass is 10.1. The highest BCUT2D eigenvalue weighted by Gasteiger charge is 2.29. The summed E-state index contributed by atoms with van der Waals surface area (Å²) in [5, 5.41) is 0. The Kier molecular flexibility index (Phi) is 19.3. The highest BCUT2D eigenvalue weighted by Crippen LogP contribution is 2.26. The van der Waals surface area contributed by atoms with Crippen LogP contribution in [0, 0.1) is 0 Å². The summed E-state index contributed by atoms with van der Waals surface area (Å²) in [5.41, 5.74) is 0. The topological polar surface area (TPSA) is 27.7 Å². The van der Waals surface area contributed by atoms with Crippen molar-refractivity contribution >= 4 is 0 Å². The van der Waals surface area contributed by atoms with Crippen molar-refractivity contribution < 1.29 is 14.2 Å². The molecule has 0 bridgehead atoms. The molecule has 1 aliphatic rings. The van der Waals surface area contributed by atoms with Crippen molar-refractivity contribution in [2.75, 3.05) is 0 Å². The van der Waals surface area contributed by atoms with Crippen LogP contribution in [0.1, 0.15) is 156 Å². The number of unbranched alkanes of at least 4 members (excludes halogenated alkanes) is 15. The maximum Gasteiger partial charge on any atom is 0.163 e. The molecule has 1 saturated heterocycles. The minimum absolute atomic E-state index is 0.0555. The van der Waals surface area contributed by atoms with Crippen molar-refractivity contribution in [1.82, 2.24) is 0 Å². The summed E-state index contributed by atoms with van der Waals surface area (Å²) in [7, 11) is 0. The summed E-state index contributed by atoms with van der Waals surface area (Å²) in [6.45, 7) is 6.83. The molecule has 1 aliphatic heterocycles. The second-order valence-electron chi connectivity index (χ2n) is 9.37. The molecule has 0 aliphatic carbocycles. The van der Waals surface area contributed by atoms with Gasteiger partial charge in [0.25, 0.3) is 0 Å². The van der Waals surface area contributed by atoms with Gasteiger partial charge in [-0.25, -0.2) is 0 Å². The molecule has 0 saturated carbocycles. The molecule has 30 heavy (non-hydrogen) atoms. The Morgan fingerprint density at radius 1 is 0.333 bits per heavy atom. The second-order valence-corrected chi connectivity index (χ2v) is 9.37. The van der Waals surface area contributed by atoms with E-state index in [1.54, 1.807) is 0 Å². The number of ether oxygens (including phenoxy) is 3. The van der Waals surface area contributed by atoms with Crippen molar-refractivity contribution in [3.8, 4) is 0 Å². The van der Waals surface area contributed by atoms with E-state index in [1.165, 1.54) is 116 Å². The zero-order valence-electron chi connectivity index (χ0n) is 20.8. The maximum absolute atomic E-state index is 6.19. The fourth-order valence-electron chi connectivity index (χ4n) is 4.29. The first kappa shape index (κ1) is 27.9. The molecule has 0 aromatic rings. The summed E-state index contributed by atoms with van der Waals surface area (Å²) in [5.74, 6) is 0. The van der Waals surface area contributed by atoms with E-state index in [9.17, 15) is 0 Å². The Hall–Kier alpha value is -0.120. The van der Waals surface area contributed by atoms with E-state index < -0.39 is 0 Å². The summed E-state index contributed by atoms with van der Waals surface area (Å²) in [4.78, 5) is 0. The van der Waals surface area contributed by atoms with Gasteiger partial charge in [0.1, 0.15) is 0 Å².